The first kappa shape index (κ1) is 37.9. The number of fused-ring (bicyclic) bond motifs is 3. The lowest BCUT2D eigenvalue weighted by molar-refractivity contribution is 0.650. The predicted molar refractivity (Wildman–Crippen MR) is 259 cm³/mol. The van der Waals surface area contributed by atoms with Gasteiger partial charge >= 0.3 is 0 Å². The van der Waals surface area contributed by atoms with Gasteiger partial charge in [0.1, 0.15) is 0 Å². The molecule has 0 spiro atoms. The van der Waals surface area contributed by atoms with Gasteiger partial charge in [-0.25, -0.2) is 0 Å². The molecule has 0 amide bonds. The Kier molecular flexibility index (Phi) is 9.94. The highest BCUT2D eigenvalue weighted by Gasteiger charge is 2.20. The van der Waals surface area contributed by atoms with Gasteiger partial charge in [-0.05, 0) is 147 Å². The smallest absolute Gasteiger partial charge is 0.0709 e. The summed E-state index contributed by atoms with van der Waals surface area (Å²) in [6.07, 6.45) is 5.04. The zero-order chi connectivity index (χ0) is 41.5. The molecule has 0 unspecified atom stereocenters. The average molecular weight is 786 g/mol. The number of aromatic nitrogens is 2. The molecule has 0 bridgehead atoms. The van der Waals surface area contributed by atoms with Gasteiger partial charge in [0.15, 0.2) is 0 Å². The Hall–Kier alpha value is -7.36. The maximum atomic E-state index is 5.02. The third-order valence-corrected chi connectivity index (χ3v) is 12.0. The summed E-state index contributed by atoms with van der Waals surface area (Å²) in [5.74, 6) is 0.543. The molecule has 10 aromatic rings. The lowest BCUT2D eigenvalue weighted by atomic mass is 9.95. The van der Waals surface area contributed by atoms with E-state index in [0.29, 0.717) is 5.92 Å². The molecule has 0 atom stereocenters. The number of hydrogen-bond donors (Lipinski definition) is 0. The van der Waals surface area contributed by atoms with Gasteiger partial charge in [-0.1, -0.05) is 141 Å². The molecule has 2 aromatic heterocycles. The molecular weight excluding hydrogens is 739 g/mol. The normalized spacial score (nSPS) is 11.5. The third kappa shape index (κ3) is 7.45. The van der Waals surface area contributed by atoms with Crippen molar-refractivity contribution in [1.29, 1.82) is 0 Å². The van der Waals surface area contributed by atoms with E-state index in [0.717, 1.165) is 57.1 Å². The standard InChI is InChI=1S/C58H47N3/c1-38(2)29-45-27-28-58(53-22-10-9-21-52(45)53)61(50-19-11-17-48(32-50)56-34-54(39(3)36-59-56)46-25-23-41-13-5-7-15-43(41)30-46)51-20-12-18-49(33-51)57-35-55(40(4)37-60-57)47-26-24-42-14-6-8-16-44(42)31-47/h5-28,30-38H,29H2,1-4H3. The molecule has 0 saturated heterocycles. The number of benzene rings is 8. The molecule has 0 aliphatic heterocycles. The molecule has 61 heavy (non-hydrogen) atoms. The first-order valence-electron chi connectivity index (χ1n) is 21.3. The molecular formula is C58H47N3. The lowest BCUT2D eigenvalue weighted by Gasteiger charge is -2.28. The van der Waals surface area contributed by atoms with Crippen molar-refractivity contribution in [3.63, 3.8) is 0 Å². The topological polar surface area (TPSA) is 29.0 Å². The minimum Gasteiger partial charge on any atom is -0.310 e. The molecule has 0 radical (unpaired) electrons. The van der Waals surface area contributed by atoms with Crippen molar-refractivity contribution >= 4 is 49.4 Å². The van der Waals surface area contributed by atoms with E-state index < -0.39 is 0 Å². The van der Waals surface area contributed by atoms with Crippen LogP contribution in [0.4, 0.5) is 17.1 Å². The number of hydrogen-bond acceptors (Lipinski definition) is 3. The maximum Gasteiger partial charge on any atom is 0.0709 e. The number of anilines is 3. The zero-order valence-electron chi connectivity index (χ0n) is 35.1. The summed E-state index contributed by atoms with van der Waals surface area (Å²) >= 11 is 0. The minimum absolute atomic E-state index is 0.543. The SMILES string of the molecule is Cc1cnc(-c2cccc(N(c3cccc(-c4cc(-c5ccc6ccccc6c5)c(C)cn4)c3)c3ccc(CC(C)C)c4ccccc34)c2)cc1-c1ccc2ccccc2c1. The Morgan fingerprint density at radius 2 is 0.918 bits per heavy atom. The van der Waals surface area contributed by atoms with Crippen LogP contribution in [0, 0.1) is 19.8 Å². The molecule has 0 N–H and O–H groups in total. The second-order valence-corrected chi connectivity index (χ2v) is 16.7. The van der Waals surface area contributed by atoms with E-state index in [1.807, 2.05) is 12.4 Å². The Morgan fingerprint density at radius 1 is 0.426 bits per heavy atom. The van der Waals surface area contributed by atoms with Gasteiger partial charge in [-0.3, -0.25) is 9.97 Å². The van der Waals surface area contributed by atoms with Gasteiger partial charge in [0.2, 0.25) is 0 Å². The first-order valence-corrected chi connectivity index (χ1v) is 21.3. The quantitative estimate of drug-likeness (QED) is 0.146. The second kappa shape index (κ2) is 16.0. The lowest BCUT2D eigenvalue weighted by Crippen LogP contribution is -2.11. The number of aryl methyl sites for hydroxylation is 2. The Bertz CT molecular complexity index is 3080. The predicted octanol–water partition coefficient (Wildman–Crippen LogP) is 15.9. The molecule has 3 nitrogen and oxygen atoms in total. The van der Waals surface area contributed by atoms with Crippen LogP contribution in [0.2, 0.25) is 0 Å². The van der Waals surface area contributed by atoms with Crippen molar-refractivity contribution in [3.8, 4) is 44.8 Å². The van der Waals surface area contributed by atoms with E-state index in [-0.39, 0.29) is 0 Å². The van der Waals surface area contributed by atoms with Gasteiger partial charge in [-0.15, -0.1) is 0 Å². The van der Waals surface area contributed by atoms with E-state index in [1.54, 1.807) is 0 Å². The van der Waals surface area contributed by atoms with Gasteiger partial charge in [0.25, 0.3) is 0 Å². The van der Waals surface area contributed by atoms with E-state index in [9.17, 15) is 0 Å². The van der Waals surface area contributed by atoms with Crippen LogP contribution in [-0.2, 0) is 6.42 Å². The van der Waals surface area contributed by atoms with Crippen LogP contribution in [0.25, 0.3) is 77.1 Å². The Morgan fingerprint density at radius 3 is 1.44 bits per heavy atom. The van der Waals surface area contributed by atoms with E-state index in [4.69, 9.17) is 9.97 Å². The summed E-state index contributed by atoms with van der Waals surface area (Å²) in [6, 6.07) is 66.2. The summed E-state index contributed by atoms with van der Waals surface area (Å²) in [4.78, 5) is 12.4. The van der Waals surface area contributed by atoms with E-state index in [1.165, 1.54) is 60.1 Å². The summed E-state index contributed by atoms with van der Waals surface area (Å²) in [6.45, 7) is 8.88. The zero-order valence-corrected chi connectivity index (χ0v) is 35.1. The molecule has 0 saturated carbocycles. The fraction of sp³-hybridized carbons (Fsp3) is 0.103. The van der Waals surface area contributed by atoms with Crippen molar-refractivity contribution < 1.29 is 0 Å². The van der Waals surface area contributed by atoms with Gasteiger partial charge in [0.05, 0.1) is 17.1 Å². The van der Waals surface area contributed by atoms with Crippen LogP contribution in [0.5, 0.6) is 0 Å². The van der Waals surface area contributed by atoms with Crippen LogP contribution >= 0.6 is 0 Å². The van der Waals surface area contributed by atoms with Crippen LogP contribution in [0.15, 0.2) is 194 Å². The molecule has 0 aliphatic rings. The maximum absolute atomic E-state index is 5.02. The fourth-order valence-electron chi connectivity index (χ4n) is 8.89. The monoisotopic (exact) mass is 785 g/mol. The molecule has 294 valence electrons. The summed E-state index contributed by atoms with van der Waals surface area (Å²) in [5.41, 5.74) is 15.6. The molecule has 0 aliphatic carbocycles. The molecule has 8 aromatic carbocycles. The van der Waals surface area contributed by atoms with Crippen LogP contribution in [0.1, 0.15) is 30.5 Å². The summed E-state index contributed by atoms with van der Waals surface area (Å²) in [7, 11) is 0. The largest absolute Gasteiger partial charge is 0.310 e. The van der Waals surface area contributed by atoms with Gasteiger partial charge in [-0.2, -0.15) is 0 Å². The minimum atomic E-state index is 0.543. The third-order valence-electron chi connectivity index (χ3n) is 12.0. The number of pyridine rings is 2. The van der Waals surface area contributed by atoms with E-state index >= 15 is 0 Å². The van der Waals surface area contributed by atoms with Gasteiger partial charge in [0, 0.05) is 40.3 Å². The van der Waals surface area contributed by atoms with Crippen LogP contribution in [0.3, 0.4) is 0 Å². The molecule has 10 rings (SSSR count). The van der Waals surface area contributed by atoms with Crippen molar-refractivity contribution in [2.75, 3.05) is 4.90 Å². The number of nitrogens with zero attached hydrogens (tertiary/aromatic N) is 3. The molecule has 2 heterocycles. The molecule has 0 fully saturated rings. The Balaban J connectivity index is 1.11. The summed E-state index contributed by atoms with van der Waals surface area (Å²) in [5, 5.41) is 7.44. The second-order valence-electron chi connectivity index (χ2n) is 16.7. The van der Waals surface area contributed by atoms with Crippen molar-refractivity contribution in [2.24, 2.45) is 5.92 Å². The van der Waals surface area contributed by atoms with Crippen LogP contribution in [-0.4, -0.2) is 9.97 Å². The van der Waals surface area contributed by atoms with Gasteiger partial charge < -0.3 is 4.90 Å². The number of rotatable bonds is 9. The van der Waals surface area contributed by atoms with Crippen LogP contribution < -0.4 is 4.90 Å². The van der Waals surface area contributed by atoms with Crippen molar-refractivity contribution in [2.45, 2.75) is 34.1 Å². The highest BCUT2D eigenvalue weighted by Crippen LogP contribution is 2.43. The highest BCUT2D eigenvalue weighted by molar-refractivity contribution is 6.01. The average Bonchev–Trinajstić information content (AvgIpc) is 3.30. The van der Waals surface area contributed by atoms with E-state index in [2.05, 4.69) is 215 Å². The summed E-state index contributed by atoms with van der Waals surface area (Å²) < 4.78 is 0. The Labute approximate surface area is 358 Å². The fourth-order valence-corrected chi connectivity index (χ4v) is 8.89. The highest BCUT2D eigenvalue weighted by atomic mass is 15.1. The first-order chi connectivity index (χ1) is 29.9. The molecule has 3 heteroatoms. The van der Waals surface area contributed by atoms with Crippen molar-refractivity contribution in [1.82, 2.24) is 9.97 Å². The van der Waals surface area contributed by atoms with Crippen molar-refractivity contribution in [3.05, 3.63) is 211 Å².